The zero-order chi connectivity index (χ0) is 17.5. The van der Waals surface area contributed by atoms with Crippen LogP contribution in [0.3, 0.4) is 0 Å². The molecule has 0 unspecified atom stereocenters. The molecule has 1 aromatic heterocycles. The molecule has 6 nitrogen and oxygen atoms in total. The smallest absolute Gasteiger partial charge is 0.213 e. The first-order valence-corrected chi connectivity index (χ1v) is 8.62. The first kappa shape index (κ1) is 17.4. The lowest BCUT2D eigenvalue weighted by molar-refractivity contribution is 0.122. The van der Waals surface area contributed by atoms with E-state index in [0.29, 0.717) is 17.5 Å². The lowest BCUT2D eigenvalue weighted by Gasteiger charge is -2.28. The normalized spacial score (nSPS) is 14.0. The zero-order valence-electron chi connectivity index (χ0n) is 14.2. The summed E-state index contributed by atoms with van der Waals surface area (Å²) in [6.45, 7) is 4.15. The highest BCUT2D eigenvalue weighted by Gasteiger charge is 2.10. The van der Waals surface area contributed by atoms with E-state index in [1.807, 2.05) is 6.07 Å². The molecule has 1 saturated heterocycles. The van der Waals surface area contributed by atoms with E-state index < -0.39 is 0 Å². The number of thiocarbonyl (C=S) groups is 1. The summed E-state index contributed by atoms with van der Waals surface area (Å²) in [4.78, 5) is 6.47. The average Bonchev–Trinajstić information content (AvgIpc) is 2.68. The van der Waals surface area contributed by atoms with E-state index in [9.17, 15) is 0 Å². The van der Waals surface area contributed by atoms with Crippen molar-refractivity contribution in [3.8, 4) is 5.88 Å². The molecule has 0 spiro atoms. The standard InChI is InChI=1S/C18H22N4O2S/c1-23-17-7-4-15(13-19-17)21-18(25)20-12-14-2-5-16(6-3-14)22-8-10-24-11-9-22/h2-7,13H,8-12H2,1H3,(H2,20,21,25). The zero-order valence-corrected chi connectivity index (χ0v) is 15.0. The molecule has 1 aliphatic rings. The van der Waals surface area contributed by atoms with E-state index in [0.717, 1.165) is 32.0 Å². The lowest BCUT2D eigenvalue weighted by atomic mass is 10.2. The van der Waals surface area contributed by atoms with Crippen molar-refractivity contribution in [2.24, 2.45) is 0 Å². The third kappa shape index (κ3) is 5.04. The van der Waals surface area contributed by atoms with Crippen LogP contribution in [0, 0.1) is 0 Å². The Morgan fingerprint density at radius 1 is 1.20 bits per heavy atom. The Balaban J connectivity index is 1.47. The maximum absolute atomic E-state index is 5.39. The maximum Gasteiger partial charge on any atom is 0.213 e. The molecule has 2 aromatic rings. The summed E-state index contributed by atoms with van der Waals surface area (Å²) in [6, 6.07) is 12.2. The number of methoxy groups -OCH3 is 1. The first-order valence-electron chi connectivity index (χ1n) is 8.21. The highest BCUT2D eigenvalue weighted by molar-refractivity contribution is 7.80. The van der Waals surface area contributed by atoms with E-state index in [1.54, 1.807) is 19.4 Å². The molecule has 0 saturated carbocycles. The van der Waals surface area contributed by atoms with E-state index >= 15 is 0 Å². The summed E-state index contributed by atoms with van der Waals surface area (Å²) in [7, 11) is 1.59. The molecule has 0 amide bonds. The third-order valence-corrected chi connectivity index (χ3v) is 4.22. The predicted octanol–water partition coefficient (Wildman–Crippen LogP) is 2.41. The molecule has 1 fully saturated rings. The molecule has 3 rings (SSSR count). The van der Waals surface area contributed by atoms with Gasteiger partial charge in [0.05, 0.1) is 32.2 Å². The number of pyridine rings is 1. The molecule has 1 aliphatic heterocycles. The van der Waals surface area contributed by atoms with Crippen molar-refractivity contribution in [2.75, 3.05) is 43.6 Å². The van der Waals surface area contributed by atoms with Gasteiger partial charge in [-0.1, -0.05) is 12.1 Å². The number of nitrogens with one attached hydrogen (secondary N) is 2. The molecule has 0 atom stereocenters. The molecule has 132 valence electrons. The number of nitrogens with zero attached hydrogens (tertiary/aromatic N) is 2. The SMILES string of the molecule is COc1ccc(NC(=S)NCc2ccc(N3CCOCC3)cc2)cn1. The van der Waals surface area contributed by atoms with Crippen LogP contribution in [0.25, 0.3) is 0 Å². The van der Waals surface area contributed by atoms with Crippen molar-refractivity contribution >= 4 is 28.7 Å². The van der Waals surface area contributed by atoms with Crippen molar-refractivity contribution in [1.82, 2.24) is 10.3 Å². The van der Waals surface area contributed by atoms with Gasteiger partial charge < -0.3 is 25.0 Å². The summed E-state index contributed by atoms with van der Waals surface area (Å²) in [5, 5.41) is 6.87. The van der Waals surface area contributed by atoms with Gasteiger partial charge in [0.1, 0.15) is 0 Å². The van der Waals surface area contributed by atoms with E-state index in [2.05, 4.69) is 44.8 Å². The number of ether oxygens (including phenoxy) is 2. The van der Waals surface area contributed by atoms with Crippen molar-refractivity contribution in [1.29, 1.82) is 0 Å². The van der Waals surface area contributed by atoms with Gasteiger partial charge in [-0.15, -0.1) is 0 Å². The van der Waals surface area contributed by atoms with E-state index in [1.165, 1.54) is 11.3 Å². The van der Waals surface area contributed by atoms with Gasteiger partial charge in [-0.25, -0.2) is 4.98 Å². The molecular weight excluding hydrogens is 336 g/mol. The second-order valence-electron chi connectivity index (χ2n) is 5.66. The number of morpholine rings is 1. The van der Waals surface area contributed by atoms with Crippen LogP contribution in [0.5, 0.6) is 5.88 Å². The summed E-state index contributed by atoms with van der Waals surface area (Å²) >= 11 is 5.32. The van der Waals surface area contributed by atoms with Crippen molar-refractivity contribution in [3.05, 3.63) is 48.2 Å². The Morgan fingerprint density at radius 3 is 2.60 bits per heavy atom. The number of rotatable bonds is 5. The highest BCUT2D eigenvalue weighted by Crippen LogP contribution is 2.16. The van der Waals surface area contributed by atoms with Crippen LogP contribution in [-0.4, -0.2) is 43.5 Å². The molecule has 0 radical (unpaired) electrons. The topological polar surface area (TPSA) is 58.7 Å². The van der Waals surface area contributed by atoms with Crippen LogP contribution in [0.15, 0.2) is 42.6 Å². The van der Waals surface area contributed by atoms with Crippen LogP contribution in [0.4, 0.5) is 11.4 Å². The summed E-state index contributed by atoms with van der Waals surface area (Å²) < 4.78 is 10.4. The number of hydrogen-bond donors (Lipinski definition) is 2. The quantitative estimate of drug-likeness (QED) is 0.796. The molecule has 25 heavy (non-hydrogen) atoms. The Labute approximate surface area is 153 Å². The van der Waals surface area contributed by atoms with Gasteiger partial charge in [0, 0.05) is 31.4 Å². The molecule has 0 bridgehead atoms. The van der Waals surface area contributed by atoms with Crippen LogP contribution >= 0.6 is 12.2 Å². The van der Waals surface area contributed by atoms with Gasteiger partial charge in [-0.05, 0) is 36.0 Å². The molecule has 2 N–H and O–H groups in total. The van der Waals surface area contributed by atoms with E-state index in [-0.39, 0.29) is 0 Å². The maximum atomic E-state index is 5.39. The van der Waals surface area contributed by atoms with E-state index in [4.69, 9.17) is 21.7 Å². The monoisotopic (exact) mass is 358 g/mol. The van der Waals surface area contributed by atoms with Crippen molar-refractivity contribution in [2.45, 2.75) is 6.54 Å². The van der Waals surface area contributed by atoms with Crippen molar-refractivity contribution in [3.63, 3.8) is 0 Å². The second kappa shape index (κ2) is 8.64. The summed E-state index contributed by atoms with van der Waals surface area (Å²) in [6.07, 6.45) is 1.68. The minimum Gasteiger partial charge on any atom is -0.481 e. The Kier molecular flexibility index (Phi) is 6.03. The van der Waals surface area contributed by atoms with Crippen LogP contribution < -0.4 is 20.3 Å². The van der Waals surface area contributed by atoms with Gasteiger partial charge in [0.15, 0.2) is 5.11 Å². The molecule has 0 aliphatic carbocycles. The average molecular weight is 358 g/mol. The third-order valence-electron chi connectivity index (χ3n) is 3.97. The van der Waals surface area contributed by atoms with Crippen LogP contribution in [0.2, 0.25) is 0 Å². The number of benzene rings is 1. The molecule has 1 aromatic carbocycles. The fourth-order valence-corrected chi connectivity index (χ4v) is 2.77. The number of aromatic nitrogens is 1. The minimum atomic E-state index is 0.559. The summed E-state index contributed by atoms with van der Waals surface area (Å²) in [5.41, 5.74) is 3.23. The van der Waals surface area contributed by atoms with Crippen LogP contribution in [0.1, 0.15) is 5.56 Å². The number of anilines is 2. The first-order chi connectivity index (χ1) is 12.2. The Hall–Kier alpha value is -2.38. The largest absolute Gasteiger partial charge is 0.481 e. The highest BCUT2D eigenvalue weighted by atomic mass is 32.1. The molecule has 7 heteroatoms. The fourth-order valence-electron chi connectivity index (χ4n) is 2.58. The summed E-state index contributed by atoms with van der Waals surface area (Å²) in [5.74, 6) is 0.574. The number of hydrogen-bond acceptors (Lipinski definition) is 5. The fraction of sp³-hybridized carbons (Fsp3) is 0.333. The van der Waals surface area contributed by atoms with Gasteiger partial charge in [0.25, 0.3) is 0 Å². The van der Waals surface area contributed by atoms with Gasteiger partial charge in [-0.3, -0.25) is 0 Å². The lowest BCUT2D eigenvalue weighted by Crippen LogP contribution is -2.36. The van der Waals surface area contributed by atoms with Gasteiger partial charge >= 0.3 is 0 Å². The molecular formula is C18H22N4O2S. The van der Waals surface area contributed by atoms with Crippen LogP contribution in [-0.2, 0) is 11.3 Å². The minimum absolute atomic E-state index is 0.559. The Bertz CT molecular complexity index is 685. The van der Waals surface area contributed by atoms with Crippen molar-refractivity contribution < 1.29 is 9.47 Å². The molecule has 2 heterocycles. The predicted molar refractivity (Wildman–Crippen MR) is 103 cm³/mol. The second-order valence-corrected chi connectivity index (χ2v) is 6.07. The Morgan fingerprint density at radius 2 is 1.96 bits per heavy atom. The van der Waals surface area contributed by atoms with Gasteiger partial charge in [0.2, 0.25) is 5.88 Å². The van der Waals surface area contributed by atoms with Gasteiger partial charge in [-0.2, -0.15) is 0 Å².